The fourth-order valence-corrected chi connectivity index (χ4v) is 2.63. The second-order valence-corrected chi connectivity index (χ2v) is 5.84. The Bertz CT molecular complexity index is 1170. The number of nitrogens with one attached hydrogen (secondary N) is 1. The summed E-state index contributed by atoms with van der Waals surface area (Å²) >= 11 is 0. The molecule has 1 aromatic carbocycles. The van der Waals surface area contributed by atoms with E-state index in [0.717, 1.165) is 21.1 Å². The largest absolute Gasteiger partial charge is 0.351 e. The quantitative estimate of drug-likeness (QED) is 0.547. The first-order valence-electron chi connectivity index (χ1n) is 8.08. The maximum Gasteiger partial charge on any atom is 0.351 e. The smallest absolute Gasteiger partial charge is 0.327 e. The molecule has 0 saturated heterocycles. The molecule has 0 aliphatic carbocycles. The van der Waals surface area contributed by atoms with Crippen molar-refractivity contribution in [3.63, 3.8) is 0 Å². The molecule has 3 N–H and O–H groups in total. The Labute approximate surface area is 152 Å². The Morgan fingerprint density at radius 3 is 2.89 bits per heavy atom. The van der Waals surface area contributed by atoms with Crippen molar-refractivity contribution in [2.75, 3.05) is 6.54 Å². The van der Waals surface area contributed by atoms with E-state index in [1.54, 1.807) is 12.4 Å². The van der Waals surface area contributed by atoms with Gasteiger partial charge in [-0.2, -0.15) is 10.2 Å². The van der Waals surface area contributed by atoms with Gasteiger partial charge in [-0.25, -0.2) is 23.4 Å². The molecule has 4 rings (SSSR count). The molecular formula is C17H15FN8O. The number of hydrogen-bond donors (Lipinski definition) is 2. The van der Waals surface area contributed by atoms with E-state index in [9.17, 15) is 9.18 Å². The second kappa shape index (κ2) is 6.92. The Morgan fingerprint density at radius 1 is 1.26 bits per heavy atom. The number of aromatic amines is 1. The molecule has 0 bridgehead atoms. The third-order valence-corrected chi connectivity index (χ3v) is 4.13. The van der Waals surface area contributed by atoms with Gasteiger partial charge in [-0.15, -0.1) is 0 Å². The maximum absolute atomic E-state index is 12.7. The van der Waals surface area contributed by atoms with E-state index in [-0.39, 0.29) is 18.7 Å². The number of hydrogen-bond acceptors (Lipinski definition) is 6. The molecule has 9 nitrogen and oxygen atoms in total. The van der Waals surface area contributed by atoms with Crippen LogP contribution in [0.3, 0.4) is 0 Å². The van der Waals surface area contributed by atoms with Gasteiger partial charge in [-0.05, 0) is 11.6 Å². The van der Waals surface area contributed by atoms with Gasteiger partial charge >= 0.3 is 5.69 Å². The molecule has 0 saturated carbocycles. The third-order valence-electron chi connectivity index (χ3n) is 4.13. The SMILES string of the molecule is NC/C(=C\F)Cn1ncn(-c2cnc(-c3ccc4cn[nH]c4c3)cn2)c1=O. The first-order chi connectivity index (χ1) is 13.2. The molecule has 10 heteroatoms. The summed E-state index contributed by atoms with van der Waals surface area (Å²) in [5, 5.41) is 11.9. The summed E-state index contributed by atoms with van der Waals surface area (Å²) in [5.41, 5.74) is 7.64. The van der Waals surface area contributed by atoms with E-state index < -0.39 is 5.69 Å². The minimum atomic E-state index is -0.455. The lowest BCUT2D eigenvalue weighted by Gasteiger charge is -2.03. The van der Waals surface area contributed by atoms with Gasteiger partial charge in [0.05, 0.1) is 42.7 Å². The van der Waals surface area contributed by atoms with E-state index in [1.807, 2.05) is 18.2 Å². The topological polar surface area (TPSA) is 120 Å². The molecular weight excluding hydrogens is 351 g/mol. The maximum atomic E-state index is 12.7. The van der Waals surface area contributed by atoms with Crippen LogP contribution in [0.2, 0.25) is 0 Å². The minimum absolute atomic E-state index is 0.00494. The molecule has 0 aliphatic rings. The minimum Gasteiger partial charge on any atom is -0.327 e. The van der Waals surface area contributed by atoms with E-state index >= 15 is 0 Å². The van der Waals surface area contributed by atoms with Crippen molar-refractivity contribution < 1.29 is 4.39 Å². The molecule has 4 aromatic rings. The van der Waals surface area contributed by atoms with E-state index in [0.29, 0.717) is 17.8 Å². The molecule has 27 heavy (non-hydrogen) atoms. The zero-order valence-corrected chi connectivity index (χ0v) is 14.1. The zero-order chi connectivity index (χ0) is 18.8. The van der Waals surface area contributed by atoms with E-state index in [2.05, 4.69) is 25.3 Å². The molecule has 0 amide bonds. The van der Waals surface area contributed by atoms with Gasteiger partial charge in [0.25, 0.3) is 0 Å². The molecule has 0 atom stereocenters. The van der Waals surface area contributed by atoms with E-state index in [4.69, 9.17) is 5.73 Å². The summed E-state index contributed by atoms with van der Waals surface area (Å²) in [6.45, 7) is -0.0144. The number of nitrogens with zero attached hydrogens (tertiary/aromatic N) is 6. The Balaban J connectivity index is 1.62. The van der Waals surface area contributed by atoms with Crippen molar-refractivity contribution in [1.82, 2.24) is 34.5 Å². The van der Waals surface area contributed by atoms with Crippen molar-refractivity contribution in [1.29, 1.82) is 0 Å². The van der Waals surface area contributed by atoms with Crippen LogP contribution >= 0.6 is 0 Å². The fourth-order valence-electron chi connectivity index (χ4n) is 2.63. The highest BCUT2D eigenvalue weighted by atomic mass is 19.1. The van der Waals surface area contributed by atoms with Crippen LogP contribution in [-0.4, -0.2) is 41.1 Å². The lowest BCUT2D eigenvalue weighted by molar-refractivity contribution is 0.612. The van der Waals surface area contributed by atoms with Crippen molar-refractivity contribution in [3.05, 3.63) is 65.5 Å². The Morgan fingerprint density at radius 2 is 2.15 bits per heavy atom. The first kappa shape index (κ1) is 16.8. The van der Waals surface area contributed by atoms with Gasteiger partial charge in [-0.1, -0.05) is 12.1 Å². The normalized spacial score (nSPS) is 12.0. The van der Waals surface area contributed by atoms with Crippen LogP contribution in [0.5, 0.6) is 0 Å². The predicted octanol–water partition coefficient (Wildman–Crippen LogP) is 1.18. The van der Waals surface area contributed by atoms with Gasteiger partial charge < -0.3 is 5.73 Å². The monoisotopic (exact) mass is 366 g/mol. The number of H-pyrrole nitrogens is 1. The Kier molecular flexibility index (Phi) is 4.30. The number of fused-ring (bicyclic) bond motifs is 1. The van der Waals surface area contributed by atoms with E-state index in [1.165, 1.54) is 17.1 Å². The van der Waals surface area contributed by atoms with Crippen LogP contribution in [0.1, 0.15) is 0 Å². The number of nitrogens with two attached hydrogens (primary N) is 1. The highest BCUT2D eigenvalue weighted by Gasteiger charge is 2.10. The summed E-state index contributed by atoms with van der Waals surface area (Å²) in [4.78, 5) is 21.1. The van der Waals surface area contributed by atoms with Crippen molar-refractivity contribution >= 4 is 10.9 Å². The van der Waals surface area contributed by atoms with Crippen molar-refractivity contribution in [2.24, 2.45) is 5.73 Å². The molecule has 3 heterocycles. The van der Waals surface area contributed by atoms with Gasteiger partial charge in [0.1, 0.15) is 6.33 Å². The van der Waals surface area contributed by atoms with Crippen molar-refractivity contribution in [2.45, 2.75) is 6.54 Å². The fraction of sp³-hybridized carbons (Fsp3) is 0.118. The van der Waals surface area contributed by atoms with Crippen LogP contribution in [-0.2, 0) is 6.54 Å². The molecule has 0 radical (unpaired) electrons. The van der Waals surface area contributed by atoms with Crippen LogP contribution < -0.4 is 11.4 Å². The lowest BCUT2D eigenvalue weighted by atomic mass is 10.1. The standard InChI is InChI=1S/C17H15FN8O/c18-4-11(5-19)9-26-17(27)25(10-23-26)16-8-20-15(7-21-16)12-1-2-13-6-22-24-14(13)3-12/h1-4,6-8,10H,5,9,19H2,(H,22,24)/b11-4+. The summed E-state index contributed by atoms with van der Waals surface area (Å²) < 4.78 is 15.0. The summed E-state index contributed by atoms with van der Waals surface area (Å²) in [5.74, 6) is 0.316. The average Bonchev–Trinajstić information content (AvgIpc) is 3.32. The van der Waals surface area contributed by atoms with Crippen molar-refractivity contribution in [3.8, 4) is 17.1 Å². The molecule has 3 aromatic heterocycles. The zero-order valence-electron chi connectivity index (χ0n) is 14.1. The van der Waals surface area contributed by atoms with Crippen LogP contribution in [0.25, 0.3) is 28.0 Å². The van der Waals surface area contributed by atoms with Gasteiger partial charge in [-0.3, -0.25) is 10.1 Å². The molecule has 0 fully saturated rings. The third kappa shape index (κ3) is 3.13. The highest BCUT2D eigenvalue weighted by molar-refractivity contribution is 5.82. The molecule has 0 aliphatic heterocycles. The summed E-state index contributed by atoms with van der Waals surface area (Å²) in [6, 6.07) is 5.78. The summed E-state index contributed by atoms with van der Waals surface area (Å²) in [7, 11) is 0. The highest BCUT2D eigenvalue weighted by Crippen LogP contribution is 2.21. The average molecular weight is 366 g/mol. The molecule has 0 spiro atoms. The lowest BCUT2D eigenvalue weighted by Crippen LogP contribution is -2.26. The molecule has 0 unspecified atom stereocenters. The van der Waals surface area contributed by atoms with Crippen LogP contribution in [0, 0.1) is 0 Å². The number of aromatic nitrogens is 7. The van der Waals surface area contributed by atoms with Gasteiger partial charge in [0, 0.05) is 17.5 Å². The van der Waals surface area contributed by atoms with Crippen LogP contribution in [0.4, 0.5) is 4.39 Å². The number of benzene rings is 1. The second-order valence-electron chi connectivity index (χ2n) is 5.84. The molecule has 136 valence electrons. The predicted molar refractivity (Wildman–Crippen MR) is 96.7 cm³/mol. The van der Waals surface area contributed by atoms with Gasteiger partial charge in [0.15, 0.2) is 5.82 Å². The Hall–Kier alpha value is -3.66. The first-order valence-corrected chi connectivity index (χ1v) is 8.08. The van der Waals surface area contributed by atoms with Crippen LogP contribution in [0.15, 0.2) is 59.8 Å². The van der Waals surface area contributed by atoms with Gasteiger partial charge in [0.2, 0.25) is 0 Å². The summed E-state index contributed by atoms with van der Waals surface area (Å²) in [6.07, 6.45) is 6.50. The number of halogens is 1. The number of rotatable bonds is 5.